The summed E-state index contributed by atoms with van der Waals surface area (Å²) in [6.07, 6.45) is 3.78. The van der Waals surface area contributed by atoms with Crippen molar-refractivity contribution in [2.75, 3.05) is 5.32 Å². The number of nitrogens with zero attached hydrogens (tertiary/aromatic N) is 2. The maximum Gasteiger partial charge on any atom is 0.228 e. The first-order valence-electron chi connectivity index (χ1n) is 8.82. The van der Waals surface area contributed by atoms with E-state index in [0.717, 1.165) is 37.9 Å². The molecule has 0 fully saturated rings. The lowest BCUT2D eigenvalue weighted by atomic mass is 10.1. The Labute approximate surface area is 166 Å². The number of carbonyl (C=O) groups excluding carboxylic acids is 1. The van der Waals surface area contributed by atoms with Gasteiger partial charge in [0.1, 0.15) is 5.82 Å². The summed E-state index contributed by atoms with van der Waals surface area (Å²) in [4.78, 5) is 21.2. The van der Waals surface area contributed by atoms with Crippen LogP contribution in [0, 0.1) is 12.7 Å². The molecule has 5 nitrogen and oxygen atoms in total. The average molecular weight is 394 g/mol. The third kappa shape index (κ3) is 3.66. The predicted molar refractivity (Wildman–Crippen MR) is 109 cm³/mol. The SMILES string of the molecule is Cc1[nH]c2ccc(F)cc2c1CC(=O)Nc1ccccc1Sc1nccn1C. The minimum atomic E-state index is -0.315. The zero-order valence-electron chi connectivity index (χ0n) is 15.5. The highest BCUT2D eigenvalue weighted by Gasteiger charge is 2.15. The standard InChI is InChI=1S/C21H19FN4OS/c1-13-15(16-11-14(22)7-8-17(16)24-13)12-20(27)25-18-5-3-4-6-19(18)28-21-23-9-10-26(21)2/h3-11,24H,12H2,1-2H3,(H,25,27). The zero-order valence-corrected chi connectivity index (χ0v) is 16.3. The number of carbonyl (C=O) groups is 1. The number of aromatic nitrogens is 3. The van der Waals surface area contributed by atoms with Gasteiger partial charge in [0.25, 0.3) is 0 Å². The van der Waals surface area contributed by atoms with Gasteiger partial charge in [-0.15, -0.1) is 0 Å². The molecule has 1 amide bonds. The highest BCUT2D eigenvalue weighted by molar-refractivity contribution is 7.99. The van der Waals surface area contributed by atoms with E-state index in [4.69, 9.17) is 0 Å². The molecule has 2 heterocycles. The number of hydrogen-bond acceptors (Lipinski definition) is 3. The van der Waals surface area contributed by atoms with E-state index in [-0.39, 0.29) is 18.1 Å². The number of benzene rings is 2. The third-order valence-electron chi connectivity index (χ3n) is 4.56. The van der Waals surface area contributed by atoms with E-state index in [1.54, 1.807) is 12.3 Å². The minimum Gasteiger partial charge on any atom is -0.358 e. The van der Waals surface area contributed by atoms with E-state index < -0.39 is 0 Å². The monoisotopic (exact) mass is 394 g/mol. The molecule has 2 aromatic carbocycles. The number of imidazole rings is 1. The molecule has 0 radical (unpaired) electrons. The van der Waals surface area contributed by atoms with Gasteiger partial charge in [0.2, 0.25) is 5.91 Å². The van der Waals surface area contributed by atoms with Gasteiger partial charge in [-0.3, -0.25) is 4.79 Å². The van der Waals surface area contributed by atoms with E-state index >= 15 is 0 Å². The van der Waals surface area contributed by atoms with Crippen LogP contribution in [0.1, 0.15) is 11.3 Å². The molecule has 0 aliphatic carbocycles. The first kappa shape index (κ1) is 18.3. The van der Waals surface area contributed by atoms with Gasteiger partial charge >= 0.3 is 0 Å². The number of hydrogen-bond donors (Lipinski definition) is 2. The van der Waals surface area contributed by atoms with Gasteiger partial charge < -0.3 is 14.9 Å². The van der Waals surface area contributed by atoms with Crippen molar-refractivity contribution in [2.45, 2.75) is 23.4 Å². The molecule has 0 atom stereocenters. The van der Waals surface area contributed by atoms with Crippen molar-refractivity contribution >= 4 is 34.3 Å². The van der Waals surface area contributed by atoms with Crippen LogP contribution in [0.5, 0.6) is 0 Å². The molecule has 142 valence electrons. The summed E-state index contributed by atoms with van der Waals surface area (Å²) in [6.45, 7) is 1.89. The number of aromatic amines is 1. The fourth-order valence-electron chi connectivity index (χ4n) is 3.14. The van der Waals surface area contributed by atoms with Crippen LogP contribution in [0.4, 0.5) is 10.1 Å². The van der Waals surface area contributed by atoms with Crippen molar-refractivity contribution in [1.82, 2.24) is 14.5 Å². The normalized spacial score (nSPS) is 11.1. The first-order chi connectivity index (χ1) is 13.5. The number of fused-ring (bicyclic) bond motifs is 1. The molecule has 0 spiro atoms. The van der Waals surface area contributed by atoms with Gasteiger partial charge in [-0.25, -0.2) is 9.37 Å². The van der Waals surface area contributed by atoms with Gasteiger partial charge in [0.15, 0.2) is 5.16 Å². The van der Waals surface area contributed by atoms with Crippen LogP contribution in [-0.4, -0.2) is 20.4 Å². The van der Waals surface area contributed by atoms with E-state index in [1.165, 1.54) is 23.9 Å². The highest BCUT2D eigenvalue weighted by Crippen LogP contribution is 2.32. The number of rotatable bonds is 5. The lowest BCUT2D eigenvalue weighted by Gasteiger charge is -2.11. The van der Waals surface area contributed by atoms with Gasteiger partial charge in [-0.05, 0) is 54.6 Å². The van der Waals surface area contributed by atoms with Gasteiger partial charge in [0, 0.05) is 40.9 Å². The summed E-state index contributed by atoms with van der Waals surface area (Å²) < 4.78 is 15.6. The number of nitrogens with one attached hydrogen (secondary N) is 2. The van der Waals surface area contributed by atoms with Crippen LogP contribution in [0.25, 0.3) is 10.9 Å². The smallest absolute Gasteiger partial charge is 0.228 e. The summed E-state index contributed by atoms with van der Waals surface area (Å²) in [5.74, 6) is -0.467. The maximum atomic E-state index is 13.7. The van der Waals surface area contributed by atoms with E-state index in [2.05, 4.69) is 15.3 Å². The summed E-state index contributed by atoms with van der Waals surface area (Å²) in [5, 5.41) is 4.56. The second-order valence-corrected chi connectivity index (χ2v) is 7.57. The Kier molecular flexibility index (Phi) is 4.92. The van der Waals surface area contributed by atoms with Crippen molar-refractivity contribution in [3.8, 4) is 0 Å². The van der Waals surface area contributed by atoms with Crippen LogP contribution in [0.2, 0.25) is 0 Å². The number of amides is 1. The molecule has 2 N–H and O–H groups in total. The lowest BCUT2D eigenvalue weighted by molar-refractivity contribution is -0.115. The average Bonchev–Trinajstić information content (AvgIpc) is 3.20. The molecule has 0 aliphatic rings. The molecule has 2 aromatic heterocycles. The molecule has 4 rings (SSSR count). The van der Waals surface area contributed by atoms with Crippen molar-refractivity contribution in [3.05, 3.63) is 71.9 Å². The van der Waals surface area contributed by atoms with Crippen LogP contribution in [0.15, 0.2) is 64.9 Å². The molecule has 0 saturated heterocycles. The fraction of sp³-hybridized carbons (Fsp3) is 0.143. The number of halogens is 1. The topological polar surface area (TPSA) is 62.7 Å². The van der Waals surface area contributed by atoms with Crippen LogP contribution < -0.4 is 5.32 Å². The molecular formula is C21H19FN4OS. The summed E-state index contributed by atoms with van der Waals surface area (Å²) in [7, 11) is 1.93. The van der Waals surface area contributed by atoms with E-state index in [9.17, 15) is 9.18 Å². The summed E-state index contributed by atoms with van der Waals surface area (Å²) in [6, 6.07) is 12.2. The van der Waals surface area contributed by atoms with Crippen molar-refractivity contribution in [3.63, 3.8) is 0 Å². The summed E-state index contributed by atoms with van der Waals surface area (Å²) in [5.41, 5.74) is 3.23. The van der Waals surface area contributed by atoms with Gasteiger partial charge in [0.05, 0.1) is 12.1 Å². The van der Waals surface area contributed by atoms with Gasteiger partial charge in [-0.2, -0.15) is 0 Å². The maximum absolute atomic E-state index is 13.7. The van der Waals surface area contributed by atoms with Crippen LogP contribution >= 0.6 is 11.8 Å². The Bertz CT molecular complexity index is 1160. The number of H-pyrrole nitrogens is 1. The number of anilines is 1. The van der Waals surface area contributed by atoms with Crippen molar-refractivity contribution < 1.29 is 9.18 Å². The van der Waals surface area contributed by atoms with Crippen LogP contribution in [-0.2, 0) is 18.3 Å². The zero-order chi connectivity index (χ0) is 19.7. The Morgan fingerprint density at radius 3 is 2.89 bits per heavy atom. The minimum absolute atomic E-state index is 0.152. The quantitative estimate of drug-likeness (QED) is 0.517. The molecule has 0 aliphatic heterocycles. The van der Waals surface area contributed by atoms with Crippen LogP contribution in [0.3, 0.4) is 0 Å². The largest absolute Gasteiger partial charge is 0.358 e. The molecule has 7 heteroatoms. The predicted octanol–water partition coefficient (Wildman–Crippen LogP) is 4.68. The third-order valence-corrected chi connectivity index (χ3v) is 5.71. The number of para-hydroxylation sites is 1. The Hall–Kier alpha value is -3.06. The van der Waals surface area contributed by atoms with Crippen molar-refractivity contribution in [1.29, 1.82) is 0 Å². The molecule has 0 saturated carbocycles. The molecule has 0 unspecified atom stereocenters. The molecule has 0 bridgehead atoms. The van der Waals surface area contributed by atoms with Crippen molar-refractivity contribution in [2.24, 2.45) is 7.05 Å². The second kappa shape index (κ2) is 7.52. The van der Waals surface area contributed by atoms with E-state index in [1.807, 2.05) is 49.0 Å². The highest BCUT2D eigenvalue weighted by atomic mass is 32.2. The summed E-state index contributed by atoms with van der Waals surface area (Å²) >= 11 is 1.49. The molecular weight excluding hydrogens is 375 g/mol. The fourth-order valence-corrected chi connectivity index (χ4v) is 4.04. The molecule has 4 aromatic rings. The lowest BCUT2D eigenvalue weighted by Crippen LogP contribution is -2.15. The molecule has 28 heavy (non-hydrogen) atoms. The Balaban J connectivity index is 1.56. The first-order valence-corrected chi connectivity index (χ1v) is 9.63. The Morgan fingerprint density at radius 2 is 2.11 bits per heavy atom. The second-order valence-electron chi connectivity index (χ2n) is 6.56. The van der Waals surface area contributed by atoms with Gasteiger partial charge in [-0.1, -0.05) is 12.1 Å². The number of aryl methyl sites for hydroxylation is 2. The van der Waals surface area contributed by atoms with E-state index in [0.29, 0.717) is 0 Å². The Morgan fingerprint density at radius 1 is 1.29 bits per heavy atom.